The van der Waals surface area contributed by atoms with Gasteiger partial charge < -0.3 is 29.5 Å². The smallest absolute Gasteiger partial charge is 0.858 e. The number of aromatic nitrogens is 2. The van der Waals surface area contributed by atoms with Gasteiger partial charge in [-0.05, 0) is 63.1 Å². The average Bonchev–Trinajstić information content (AvgIpc) is 2.67. The van der Waals surface area contributed by atoms with Gasteiger partial charge in [-0.15, -0.1) is 8.80 Å². The van der Waals surface area contributed by atoms with Gasteiger partial charge in [0, 0.05) is 36.6 Å². The van der Waals surface area contributed by atoms with E-state index < -0.39 is 32.4 Å². The second kappa shape index (κ2) is 18.0. The van der Waals surface area contributed by atoms with E-state index in [4.69, 9.17) is 0 Å². The van der Waals surface area contributed by atoms with Crippen molar-refractivity contribution in [3.63, 3.8) is 0 Å². The van der Waals surface area contributed by atoms with Crippen LogP contribution in [0.4, 0.5) is 0 Å². The van der Waals surface area contributed by atoms with Crippen molar-refractivity contribution in [3.05, 3.63) is 83.9 Å². The molecule has 0 aromatic carbocycles. The summed E-state index contributed by atoms with van der Waals surface area (Å²) in [6.07, 6.45) is 9.21. The third-order valence-electron chi connectivity index (χ3n) is 3.15. The zero-order valence-electron chi connectivity index (χ0n) is 20.1. The summed E-state index contributed by atoms with van der Waals surface area (Å²) in [5, 5.41) is 20.8. The van der Waals surface area contributed by atoms with E-state index in [1.165, 1.54) is 25.0 Å². The predicted molar refractivity (Wildman–Crippen MR) is 130 cm³/mol. The molecule has 14 nitrogen and oxygen atoms in total. The molecule has 0 radical (unpaired) electrons. The first-order valence-electron chi connectivity index (χ1n) is 9.30. The van der Waals surface area contributed by atoms with E-state index in [-0.39, 0.29) is 39.0 Å². The molecule has 2 aliphatic rings. The van der Waals surface area contributed by atoms with E-state index in [1.54, 1.807) is 12.4 Å². The first-order valence-corrected chi connectivity index (χ1v) is 12.0. The van der Waals surface area contributed by atoms with E-state index in [0.29, 0.717) is 0 Å². The Labute approximate surface area is 225 Å². The zero-order valence-corrected chi connectivity index (χ0v) is 22.7. The van der Waals surface area contributed by atoms with Gasteiger partial charge >= 0.3 is 37.1 Å². The third kappa shape index (κ3) is 18.5. The molecule has 4 rings (SSSR count). The average molecular weight is 607 g/mol. The molecule has 0 saturated heterocycles. The molecule has 2 aliphatic heterocycles. The summed E-state index contributed by atoms with van der Waals surface area (Å²) in [6.45, 7) is 6.77. The van der Waals surface area contributed by atoms with Crippen molar-refractivity contribution in [2.75, 3.05) is 0 Å². The number of aryl methyl sites for hydroxylation is 2. The summed E-state index contributed by atoms with van der Waals surface area (Å²) in [4.78, 5) is 7.77. The third-order valence-corrected chi connectivity index (χ3v) is 4.90. The van der Waals surface area contributed by atoms with E-state index in [0.717, 1.165) is 12.2 Å². The minimum absolute atomic E-state index is 0. The Balaban J connectivity index is -0.000000411. The molecule has 4 heterocycles. The molecular weight excluding hydrogens is 579 g/mol. The number of hydrogen-bond donors (Lipinski definition) is 0. The van der Waals surface area contributed by atoms with Gasteiger partial charge in [0.1, 0.15) is 11.5 Å². The molecule has 17 heteroatoms. The van der Waals surface area contributed by atoms with Crippen LogP contribution in [0.5, 0.6) is 0 Å². The molecule has 0 spiro atoms. The van der Waals surface area contributed by atoms with Crippen LogP contribution in [0.15, 0.2) is 81.5 Å². The summed E-state index contributed by atoms with van der Waals surface area (Å²) in [5.41, 5.74) is 2.42. The molecule has 2 aromatic heterocycles. The van der Waals surface area contributed by atoms with Crippen molar-refractivity contribution in [1.82, 2.24) is 9.97 Å². The molecule has 0 atom stereocenters. The minimum Gasteiger partial charge on any atom is -0.858 e. The van der Waals surface area contributed by atoms with Crippen molar-refractivity contribution in [2.24, 2.45) is 8.80 Å². The van der Waals surface area contributed by atoms with Gasteiger partial charge in [0.15, 0.2) is 0 Å². The van der Waals surface area contributed by atoms with E-state index in [2.05, 4.69) is 27.1 Å². The number of allylic oxidation sites excluding steroid dienone is 2. The minimum atomic E-state index is -3.97. The first kappa shape index (κ1) is 38.2. The summed E-state index contributed by atoms with van der Waals surface area (Å²) < 4.78 is 55.5. The predicted octanol–water partition coefficient (Wildman–Crippen LogP) is -1.22. The fourth-order valence-electron chi connectivity index (χ4n) is 1.93. The van der Waals surface area contributed by atoms with Crippen molar-refractivity contribution in [2.45, 2.75) is 27.7 Å². The van der Waals surface area contributed by atoms with Gasteiger partial charge in [0.25, 0.3) is 0 Å². The number of rotatable bonds is 0. The Morgan fingerprint density at radius 3 is 1.16 bits per heavy atom. The van der Waals surface area contributed by atoms with Gasteiger partial charge in [-0.3, -0.25) is 9.97 Å². The molecule has 0 unspecified atom stereocenters. The van der Waals surface area contributed by atoms with E-state index >= 15 is 0 Å². The second-order valence-electron chi connectivity index (χ2n) is 6.45. The molecular formula is C20H28N4NiO10S2+2. The number of pyridine rings is 2. The molecule has 0 aliphatic carbocycles. The van der Waals surface area contributed by atoms with Crippen LogP contribution in [0.2, 0.25) is 0 Å². The Hall–Kier alpha value is -3.37. The molecule has 37 heavy (non-hydrogen) atoms. The van der Waals surface area contributed by atoms with Crippen molar-refractivity contribution in [1.29, 1.82) is 0 Å². The van der Waals surface area contributed by atoms with Crippen LogP contribution in [-0.2, 0) is 56.4 Å². The van der Waals surface area contributed by atoms with Crippen molar-refractivity contribution in [3.8, 4) is 0 Å². The molecule has 2 aromatic rings. The fraction of sp³-hybridized carbons (Fsp3) is 0.200. The topological polar surface area (TPSA) is 249 Å². The van der Waals surface area contributed by atoms with E-state index in [9.17, 15) is 27.0 Å². The monoisotopic (exact) mass is 606 g/mol. The Morgan fingerprint density at radius 2 is 1.00 bits per heavy atom. The van der Waals surface area contributed by atoms with Crippen LogP contribution < -0.4 is 10.2 Å². The van der Waals surface area contributed by atoms with Crippen LogP contribution in [0.3, 0.4) is 0 Å². The summed E-state index contributed by atoms with van der Waals surface area (Å²) in [6, 6.07) is 7.89. The summed E-state index contributed by atoms with van der Waals surface area (Å²) in [7, 11) is -7.95. The van der Waals surface area contributed by atoms with Gasteiger partial charge in [-0.25, -0.2) is 0 Å². The number of nitrogens with zero attached hydrogens (tertiary/aromatic N) is 4. The van der Waals surface area contributed by atoms with Gasteiger partial charge in [0.05, 0.1) is 0 Å². The molecule has 0 fully saturated rings. The largest absolute Gasteiger partial charge is 2.00 e. The van der Waals surface area contributed by atoms with Crippen molar-refractivity contribution >= 4 is 32.4 Å². The molecule has 0 saturated carbocycles. The normalized spacial score (nSPS) is 15.5. The molecule has 6 N–H and O–H groups in total. The van der Waals surface area contributed by atoms with Crippen LogP contribution in [0, 0.1) is 13.8 Å². The summed E-state index contributed by atoms with van der Waals surface area (Å²) in [5.74, 6) is -1.52. The molecule has 0 bridgehead atoms. The second-order valence-corrected chi connectivity index (χ2v) is 8.86. The Morgan fingerprint density at radius 1 is 0.676 bits per heavy atom. The van der Waals surface area contributed by atoms with Crippen LogP contribution in [0.25, 0.3) is 0 Å². The van der Waals surface area contributed by atoms with Crippen LogP contribution >= 0.6 is 0 Å². The Bertz CT molecular complexity index is 1180. The van der Waals surface area contributed by atoms with Crippen LogP contribution in [0.1, 0.15) is 25.0 Å². The van der Waals surface area contributed by atoms with Crippen LogP contribution in [-0.4, -0.2) is 38.6 Å². The maximum absolute atomic E-state index is 10.4. The Kier molecular flexibility index (Phi) is 18.5. The van der Waals surface area contributed by atoms with E-state index in [1.807, 2.05) is 50.5 Å². The zero-order chi connectivity index (χ0) is 25.8. The standard InChI is InChI=1S/2C6H7N.2C4H5NO4S.Ni.2H2O/c2*1-6-3-2-4-7-5-6;2*1-3-2-4(6)5-10(7,8)9-3;;;/h2*2-5H,1H3;2*2H,1H3,(H,5,6);;2*1H2/q;;;;+2;;. The SMILES string of the molecule is CC1=CC([O-])=NS(=O)(=O)O1.CC1=CC([O-])=NS(=O)(=O)O1.Cc1cccnc1.Cc1cccnc1.[Ni+2].[OH3+].[OH3+]. The molecule has 0 amide bonds. The number of hydrogen-bond acceptors (Lipinski definition) is 10. The van der Waals surface area contributed by atoms with Crippen molar-refractivity contribution < 1.29 is 62.9 Å². The summed E-state index contributed by atoms with van der Waals surface area (Å²) >= 11 is 0. The maximum atomic E-state index is 10.4. The fourth-order valence-corrected chi connectivity index (χ4v) is 3.32. The van der Waals surface area contributed by atoms with Gasteiger partial charge in [0.2, 0.25) is 0 Å². The maximum Gasteiger partial charge on any atom is 2.00 e. The quantitative estimate of drug-likeness (QED) is 0.255. The molecule has 208 valence electrons. The van der Waals surface area contributed by atoms with Gasteiger partial charge in [-0.1, -0.05) is 12.1 Å². The first-order chi connectivity index (χ1) is 15.8. The van der Waals surface area contributed by atoms with Gasteiger partial charge in [-0.2, -0.15) is 16.8 Å².